The maximum Gasteiger partial charge on any atom is 0.273 e. The van der Waals surface area contributed by atoms with E-state index in [-0.39, 0.29) is 11.6 Å². The standard InChI is InChI=1S/C10H12N2OS/c1-4-7-14-10-11-9(13)5-6-12(10)8(2)3/h1,5-6,8H,7H2,2-3H3. The van der Waals surface area contributed by atoms with Gasteiger partial charge in [0.05, 0.1) is 5.75 Å². The van der Waals surface area contributed by atoms with Crippen molar-refractivity contribution in [2.45, 2.75) is 25.0 Å². The van der Waals surface area contributed by atoms with E-state index in [1.807, 2.05) is 18.4 Å². The van der Waals surface area contributed by atoms with Crippen LogP contribution in [0.1, 0.15) is 19.9 Å². The molecular weight excluding hydrogens is 196 g/mol. The highest BCUT2D eigenvalue weighted by atomic mass is 32.2. The fraction of sp³-hybridized carbons (Fsp3) is 0.400. The Hall–Kier alpha value is -1.21. The fourth-order valence-corrected chi connectivity index (χ4v) is 1.79. The van der Waals surface area contributed by atoms with Gasteiger partial charge in [0.25, 0.3) is 5.56 Å². The summed E-state index contributed by atoms with van der Waals surface area (Å²) >= 11 is 1.41. The van der Waals surface area contributed by atoms with Gasteiger partial charge in [0, 0.05) is 18.3 Å². The molecule has 3 nitrogen and oxygen atoms in total. The van der Waals surface area contributed by atoms with E-state index in [1.54, 1.807) is 6.20 Å². The van der Waals surface area contributed by atoms with Crippen molar-refractivity contribution >= 4 is 11.8 Å². The average Bonchev–Trinajstić information content (AvgIpc) is 2.14. The summed E-state index contributed by atoms with van der Waals surface area (Å²) < 4.78 is 1.93. The van der Waals surface area contributed by atoms with Crippen molar-refractivity contribution in [2.24, 2.45) is 0 Å². The molecule has 0 unspecified atom stereocenters. The van der Waals surface area contributed by atoms with Crippen LogP contribution >= 0.6 is 11.8 Å². The summed E-state index contributed by atoms with van der Waals surface area (Å²) in [4.78, 5) is 14.9. The normalized spacial score (nSPS) is 10.1. The molecule has 0 aromatic carbocycles. The lowest BCUT2D eigenvalue weighted by atomic mass is 10.4. The summed E-state index contributed by atoms with van der Waals surface area (Å²) in [6.45, 7) is 4.07. The number of rotatable bonds is 3. The van der Waals surface area contributed by atoms with Crippen molar-refractivity contribution in [2.75, 3.05) is 5.75 Å². The first-order chi connectivity index (χ1) is 6.65. The minimum Gasteiger partial charge on any atom is -0.325 e. The van der Waals surface area contributed by atoms with Gasteiger partial charge in [-0.15, -0.1) is 6.42 Å². The van der Waals surface area contributed by atoms with Gasteiger partial charge in [-0.05, 0) is 13.8 Å². The van der Waals surface area contributed by atoms with E-state index in [4.69, 9.17) is 6.42 Å². The number of nitrogens with zero attached hydrogens (tertiary/aromatic N) is 2. The van der Waals surface area contributed by atoms with E-state index in [9.17, 15) is 4.79 Å². The van der Waals surface area contributed by atoms with Crippen molar-refractivity contribution in [3.63, 3.8) is 0 Å². The smallest absolute Gasteiger partial charge is 0.273 e. The number of hydrogen-bond donors (Lipinski definition) is 0. The second-order valence-corrected chi connectivity index (χ2v) is 3.98. The van der Waals surface area contributed by atoms with Crippen LogP contribution in [-0.2, 0) is 0 Å². The Balaban J connectivity index is 3.04. The SMILES string of the molecule is C#CCSc1nc(=O)ccn1C(C)C. The molecule has 0 aliphatic rings. The zero-order chi connectivity index (χ0) is 10.6. The number of hydrogen-bond acceptors (Lipinski definition) is 3. The molecule has 0 saturated heterocycles. The van der Waals surface area contributed by atoms with Crippen molar-refractivity contribution in [3.8, 4) is 12.3 Å². The van der Waals surface area contributed by atoms with Crippen LogP contribution in [0, 0.1) is 12.3 Å². The summed E-state index contributed by atoms with van der Waals surface area (Å²) in [7, 11) is 0. The van der Waals surface area contributed by atoms with Gasteiger partial charge in [-0.2, -0.15) is 4.98 Å². The average molecular weight is 208 g/mol. The molecule has 0 saturated carbocycles. The summed E-state index contributed by atoms with van der Waals surface area (Å²) in [5.41, 5.74) is -0.221. The lowest BCUT2D eigenvalue weighted by Crippen LogP contribution is -2.14. The highest BCUT2D eigenvalue weighted by molar-refractivity contribution is 7.99. The molecule has 4 heteroatoms. The Morgan fingerprint density at radius 1 is 1.71 bits per heavy atom. The summed E-state index contributed by atoms with van der Waals surface area (Å²) in [6.07, 6.45) is 6.90. The second kappa shape index (κ2) is 4.87. The molecule has 1 heterocycles. The third-order valence-electron chi connectivity index (χ3n) is 1.65. The molecule has 0 atom stereocenters. The highest BCUT2D eigenvalue weighted by Crippen LogP contribution is 2.16. The quantitative estimate of drug-likeness (QED) is 0.429. The number of thioether (sulfide) groups is 1. The molecule has 1 aromatic rings. The van der Waals surface area contributed by atoms with Gasteiger partial charge in [-0.1, -0.05) is 17.7 Å². The van der Waals surface area contributed by atoms with Crippen LogP contribution in [0.25, 0.3) is 0 Å². The Bertz CT molecular complexity index is 403. The molecule has 1 aromatic heterocycles. The van der Waals surface area contributed by atoms with E-state index in [2.05, 4.69) is 10.9 Å². The minimum atomic E-state index is -0.221. The minimum absolute atomic E-state index is 0.221. The summed E-state index contributed by atoms with van der Waals surface area (Å²) in [5, 5.41) is 0.686. The third-order valence-corrected chi connectivity index (χ3v) is 2.52. The van der Waals surface area contributed by atoms with Crippen LogP contribution in [0.3, 0.4) is 0 Å². The molecule has 0 radical (unpaired) electrons. The van der Waals surface area contributed by atoms with Crippen LogP contribution < -0.4 is 5.56 Å². The maximum absolute atomic E-state index is 11.0. The molecule has 0 bridgehead atoms. The van der Waals surface area contributed by atoms with Crippen molar-refractivity contribution in [3.05, 3.63) is 22.6 Å². The van der Waals surface area contributed by atoms with Gasteiger partial charge in [0.15, 0.2) is 5.16 Å². The molecule has 74 valence electrons. The van der Waals surface area contributed by atoms with Crippen molar-refractivity contribution in [1.82, 2.24) is 9.55 Å². The predicted octanol–water partition coefficient (Wildman–Crippen LogP) is 1.55. The maximum atomic E-state index is 11.0. The first-order valence-electron chi connectivity index (χ1n) is 4.30. The lowest BCUT2D eigenvalue weighted by molar-refractivity contribution is 0.526. The predicted molar refractivity (Wildman–Crippen MR) is 58.4 cm³/mol. The van der Waals surface area contributed by atoms with E-state index in [0.29, 0.717) is 10.9 Å². The largest absolute Gasteiger partial charge is 0.325 e. The molecule has 0 aliphatic heterocycles. The Morgan fingerprint density at radius 2 is 2.43 bits per heavy atom. The fourth-order valence-electron chi connectivity index (χ4n) is 1.00. The third kappa shape index (κ3) is 2.64. The zero-order valence-corrected chi connectivity index (χ0v) is 9.04. The van der Waals surface area contributed by atoms with Gasteiger partial charge in [0.2, 0.25) is 0 Å². The monoisotopic (exact) mass is 208 g/mol. The molecule has 14 heavy (non-hydrogen) atoms. The van der Waals surface area contributed by atoms with Crippen molar-refractivity contribution < 1.29 is 0 Å². The number of aromatic nitrogens is 2. The Morgan fingerprint density at radius 3 is 3.00 bits per heavy atom. The highest BCUT2D eigenvalue weighted by Gasteiger charge is 2.05. The Kier molecular flexibility index (Phi) is 3.78. The topological polar surface area (TPSA) is 34.9 Å². The van der Waals surface area contributed by atoms with Gasteiger partial charge in [0.1, 0.15) is 0 Å². The zero-order valence-electron chi connectivity index (χ0n) is 8.23. The van der Waals surface area contributed by atoms with Crippen LogP contribution in [0.2, 0.25) is 0 Å². The van der Waals surface area contributed by atoms with Crippen LogP contribution in [0.5, 0.6) is 0 Å². The molecule has 0 spiro atoms. The summed E-state index contributed by atoms with van der Waals surface area (Å²) in [5.74, 6) is 3.04. The summed E-state index contributed by atoms with van der Waals surface area (Å²) in [6, 6.07) is 1.74. The van der Waals surface area contributed by atoms with E-state index >= 15 is 0 Å². The van der Waals surface area contributed by atoms with E-state index in [0.717, 1.165) is 0 Å². The van der Waals surface area contributed by atoms with Gasteiger partial charge in [-0.3, -0.25) is 4.79 Å². The van der Waals surface area contributed by atoms with Gasteiger partial charge in [-0.25, -0.2) is 0 Å². The van der Waals surface area contributed by atoms with Gasteiger partial charge >= 0.3 is 0 Å². The van der Waals surface area contributed by atoms with Crippen LogP contribution in [0.4, 0.5) is 0 Å². The first kappa shape index (κ1) is 10.9. The van der Waals surface area contributed by atoms with E-state index < -0.39 is 0 Å². The molecular formula is C10H12N2OS. The first-order valence-corrected chi connectivity index (χ1v) is 5.29. The molecule has 1 rings (SSSR count). The van der Waals surface area contributed by atoms with Crippen molar-refractivity contribution in [1.29, 1.82) is 0 Å². The molecule has 0 amide bonds. The van der Waals surface area contributed by atoms with Crippen LogP contribution in [0.15, 0.2) is 22.2 Å². The Labute approximate surface area is 87.6 Å². The van der Waals surface area contributed by atoms with Crippen LogP contribution in [-0.4, -0.2) is 15.3 Å². The molecule has 0 fully saturated rings. The lowest BCUT2D eigenvalue weighted by Gasteiger charge is -2.13. The molecule has 0 aliphatic carbocycles. The van der Waals surface area contributed by atoms with E-state index in [1.165, 1.54) is 17.8 Å². The van der Waals surface area contributed by atoms with Gasteiger partial charge < -0.3 is 4.57 Å². The number of terminal acetylenes is 1. The molecule has 0 N–H and O–H groups in total. The second-order valence-electron chi connectivity index (χ2n) is 3.04.